The highest BCUT2D eigenvalue weighted by molar-refractivity contribution is 6.30. The van der Waals surface area contributed by atoms with Crippen LogP contribution >= 0.6 is 23.2 Å². The molecule has 2 aliphatic rings. The van der Waals surface area contributed by atoms with E-state index in [1.54, 1.807) is 0 Å². The second-order valence-corrected chi connectivity index (χ2v) is 6.72. The van der Waals surface area contributed by atoms with Crippen LogP contribution in [0.5, 0.6) is 0 Å². The number of alkyl halides is 2. The van der Waals surface area contributed by atoms with Crippen LogP contribution in [0.2, 0.25) is 0 Å². The van der Waals surface area contributed by atoms with Crippen LogP contribution in [0.3, 0.4) is 0 Å². The van der Waals surface area contributed by atoms with Crippen LogP contribution in [0.15, 0.2) is 0 Å². The number of nitrogens with two attached hydrogens (primary N) is 1. The van der Waals surface area contributed by atoms with Crippen molar-refractivity contribution in [3.63, 3.8) is 0 Å². The Hall–Kier alpha value is 0.500. The van der Waals surface area contributed by atoms with Gasteiger partial charge in [0.15, 0.2) is 0 Å². The normalized spacial score (nSPS) is 42.4. The molecule has 5 atom stereocenters. The fraction of sp³-hybridized carbons (Fsp3) is 1.00. The second-order valence-electron chi connectivity index (χ2n) is 5.66. The lowest BCUT2D eigenvalue weighted by atomic mass is 9.72. The van der Waals surface area contributed by atoms with Crippen molar-refractivity contribution in [2.45, 2.75) is 67.8 Å². The summed E-state index contributed by atoms with van der Waals surface area (Å²) in [6.45, 7) is 0. The lowest BCUT2D eigenvalue weighted by molar-refractivity contribution is 0.0429. The molecule has 2 aliphatic carbocycles. The zero-order valence-corrected chi connectivity index (χ0v) is 11.7. The molecule has 0 aromatic heterocycles. The third-order valence-corrected chi connectivity index (χ3v) is 5.75. The average molecular weight is 280 g/mol. The molecule has 0 radical (unpaired) electrons. The minimum absolute atomic E-state index is 0.00866. The van der Waals surface area contributed by atoms with E-state index in [9.17, 15) is 5.11 Å². The minimum atomic E-state index is -0.371. The number of hydrogen-bond acceptors (Lipinski definition) is 2. The molecule has 0 heterocycles. The second kappa shape index (κ2) is 6.10. The number of aliphatic hydroxyl groups excluding tert-OH is 1. The monoisotopic (exact) mass is 279 g/mol. The molecule has 0 bridgehead atoms. The number of hydrogen-bond donors (Lipinski definition) is 2. The van der Waals surface area contributed by atoms with Crippen LogP contribution in [0.1, 0.15) is 44.9 Å². The summed E-state index contributed by atoms with van der Waals surface area (Å²) in [5.74, 6) is 0.489. The van der Waals surface area contributed by atoms with Crippen LogP contribution in [-0.4, -0.2) is 28.0 Å². The molecule has 0 aromatic rings. The molecular weight excluding hydrogens is 257 g/mol. The van der Waals surface area contributed by atoms with Crippen LogP contribution in [-0.2, 0) is 0 Å². The van der Waals surface area contributed by atoms with E-state index >= 15 is 0 Å². The molecule has 2 fully saturated rings. The zero-order chi connectivity index (χ0) is 12.4. The largest absolute Gasteiger partial charge is 0.393 e. The molecule has 100 valence electrons. The highest BCUT2D eigenvalue weighted by Crippen LogP contribution is 2.38. The standard InChI is InChI=1S/C13H23Cl2NO/c14-9-6-7-10(17)11(12(9)15)13(16)8-4-2-1-3-5-8/h8-13,17H,1-7,16H2. The third kappa shape index (κ3) is 3.09. The first-order valence-corrected chi connectivity index (χ1v) is 7.70. The maximum absolute atomic E-state index is 10.1. The van der Waals surface area contributed by atoms with Gasteiger partial charge in [-0.1, -0.05) is 19.3 Å². The highest BCUT2D eigenvalue weighted by Gasteiger charge is 2.42. The lowest BCUT2D eigenvalue weighted by Crippen LogP contribution is -2.52. The first-order valence-electron chi connectivity index (χ1n) is 6.83. The quantitative estimate of drug-likeness (QED) is 0.764. The Balaban J connectivity index is 2.02. The van der Waals surface area contributed by atoms with Crippen molar-refractivity contribution in [3.8, 4) is 0 Å². The summed E-state index contributed by atoms with van der Waals surface area (Å²) >= 11 is 12.6. The average Bonchev–Trinajstić information content (AvgIpc) is 2.35. The molecule has 0 amide bonds. The lowest BCUT2D eigenvalue weighted by Gasteiger charge is -2.42. The topological polar surface area (TPSA) is 46.2 Å². The number of aliphatic hydroxyl groups is 1. The molecule has 3 N–H and O–H groups in total. The molecule has 0 saturated heterocycles. The summed E-state index contributed by atoms with van der Waals surface area (Å²) < 4.78 is 0. The summed E-state index contributed by atoms with van der Waals surface area (Å²) in [5.41, 5.74) is 6.36. The summed E-state index contributed by atoms with van der Waals surface area (Å²) in [6.07, 6.45) is 7.37. The van der Waals surface area contributed by atoms with Gasteiger partial charge in [-0.05, 0) is 31.6 Å². The number of halogens is 2. The van der Waals surface area contributed by atoms with Gasteiger partial charge in [0, 0.05) is 12.0 Å². The molecule has 5 unspecified atom stereocenters. The molecular formula is C13H23Cl2NO. The van der Waals surface area contributed by atoms with Crippen LogP contribution < -0.4 is 5.73 Å². The van der Waals surface area contributed by atoms with Gasteiger partial charge < -0.3 is 10.8 Å². The Morgan fingerprint density at radius 1 is 1.00 bits per heavy atom. The van der Waals surface area contributed by atoms with Gasteiger partial charge in [0.2, 0.25) is 0 Å². The van der Waals surface area contributed by atoms with E-state index in [2.05, 4.69) is 0 Å². The van der Waals surface area contributed by atoms with Gasteiger partial charge >= 0.3 is 0 Å². The van der Waals surface area contributed by atoms with Gasteiger partial charge in [0.1, 0.15) is 0 Å². The Labute approximate surface area is 114 Å². The minimum Gasteiger partial charge on any atom is -0.393 e. The fourth-order valence-corrected chi connectivity index (χ4v) is 4.19. The Morgan fingerprint density at radius 3 is 2.29 bits per heavy atom. The Kier molecular flexibility index (Phi) is 4.99. The molecule has 4 heteroatoms. The summed E-state index contributed by atoms with van der Waals surface area (Å²) in [6, 6.07) is 0.00866. The van der Waals surface area contributed by atoms with Crippen molar-refractivity contribution < 1.29 is 5.11 Å². The molecule has 0 spiro atoms. The van der Waals surface area contributed by atoms with E-state index < -0.39 is 0 Å². The predicted molar refractivity (Wildman–Crippen MR) is 72.6 cm³/mol. The first kappa shape index (κ1) is 13.9. The Morgan fingerprint density at radius 2 is 1.65 bits per heavy atom. The van der Waals surface area contributed by atoms with Gasteiger partial charge in [0.25, 0.3) is 0 Å². The molecule has 0 aromatic carbocycles. The maximum Gasteiger partial charge on any atom is 0.0598 e. The Bertz CT molecular complexity index is 246. The molecule has 2 saturated carbocycles. The van der Waals surface area contributed by atoms with Gasteiger partial charge in [-0.3, -0.25) is 0 Å². The van der Waals surface area contributed by atoms with E-state index in [0.717, 1.165) is 12.8 Å². The van der Waals surface area contributed by atoms with Crippen LogP contribution in [0, 0.1) is 11.8 Å². The van der Waals surface area contributed by atoms with Crippen molar-refractivity contribution in [1.29, 1.82) is 0 Å². The van der Waals surface area contributed by atoms with Crippen molar-refractivity contribution in [2.75, 3.05) is 0 Å². The van der Waals surface area contributed by atoms with Gasteiger partial charge in [0.05, 0.1) is 16.9 Å². The molecule has 0 aliphatic heterocycles. The van der Waals surface area contributed by atoms with Crippen LogP contribution in [0.25, 0.3) is 0 Å². The van der Waals surface area contributed by atoms with E-state index in [-0.39, 0.29) is 28.8 Å². The van der Waals surface area contributed by atoms with Gasteiger partial charge in [-0.15, -0.1) is 23.2 Å². The van der Waals surface area contributed by atoms with Crippen molar-refractivity contribution in [1.82, 2.24) is 0 Å². The summed E-state index contributed by atoms with van der Waals surface area (Å²) in [5, 5.41) is 9.91. The molecule has 17 heavy (non-hydrogen) atoms. The summed E-state index contributed by atoms with van der Waals surface area (Å²) in [7, 11) is 0. The third-order valence-electron chi connectivity index (χ3n) is 4.53. The number of rotatable bonds is 2. The highest BCUT2D eigenvalue weighted by atomic mass is 35.5. The maximum atomic E-state index is 10.1. The van der Waals surface area contributed by atoms with Gasteiger partial charge in [-0.2, -0.15) is 0 Å². The predicted octanol–water partition coefficient (Wildman–Crippen LogP) is 2.88. The molecule has 2 rings (SSSR count). The smallest absolute Gasteiger partial charge is 0.0598 e. The molecule has 2 nitrogen and oxygen atoms in total. The fourth-order valence-electron chi connectivity index (χ4n) is 3.44. The van der Waals surface area contributed by atoms with E-state index in [1.165, 1.54) is 32.1 Å². The van der Waals surface area contributed by atoms with E-state index in [0.29, 0.717) is 5.92 Å². The first-order chi connectivity index (χ1) is 8.11. The SMILES string of the molecule is NC(C1CCCCC1)C1C(O)CCC(Cl)C1Cl. The van der Waals surface area contributed by atoms with E-state index in [1.807, 2.05) is 0 Å². The summed E-state index contributed by atoms with van der Waals surface area (Å²) in [4.78, 5) is 0. The van der Waals surface area contributed by atoms with Crippen molar-refractivity contribution in [3.05, 3.63) is 0 Å². The van der Waals surface area contributed by atoms with Crippen molar-refractivity contribution in [2.24, 2.45) is 17.6 Å². The van der Waals surface area contributed by atoms with E-state index in [4.69, 9.17) is 28.9 Å². The van der Waals surface area contributed by atoms with Crippen molar-refractivity contribution >= 4 is 23.2 Å². The zero-order valence-electron chi connectivity index (χ0n) is 10.2. The van der Waals surface area contributed by atoms with Crippen LogP contribution in [0.4, 0.5) is 0 Å². The van der Waals surface area contributed by atoms with Gasteiger partial charge in [-0.25, -0.2) is 0 Å².